The summed E-state index contributed by atoms with van der Waals surface area (Å²) in [5.74, 6) is 1.03. The third-order valence-corrected chi connectivity index (χ3v) is 4.39. The van der Waals surface area contributed by atoms with Gasteiger partial charge in [0.2, 0.25) is 0 Å². The molecule has 1 saturated heterocycles. The Hall–Kier alpha value is -0.420. The van der Waals surface area contributed by atoms with Crippen LogP contribution in [0.4, 0.5) is 0 Å². The average Bonchev–Trinajstić information content (AvgIpc) is 2.39. The topological polar surface area (TPSA) is 36.9 Å². The first-order valence-corrected chi connectivity index (χ1v) is 8.80. The van der Waals surface area contributed by atoms with Gasteiger partial charge >= 0.3 is 0 Å². The van der Waals surface area contributed by atoms with Crippen LogP contribution in [0.2, 0.25) is 0 Å². The monoisotopic (exact) mass is 301 g/mol. The van der Waals surface area contributed by atoms with Crippen LogP contribution in [0.5, 0.6) is 0 Å². The largest absolute Gasteiger partial charge is 0.372 e. The van der Waals surface area contributed by atoms with E-state index in [0.717, 1.165) is 38.4 Å². The fourth-order valence-electron chi connectivity index (χ4n) is 2.34. The van der Waals surface area contributed by atoms with E-state index in [-0.39, 0.29) is 5.60 Å². The highest BCUT2D eigenvalue weighted by Gasteiger charge is 2.25. The van der Waals surface area contributed by atoms with Gasteiger partial charge in [-0.05, 0) is 39.9 Å². The van der Waals surface area contributed by atoms with Crippen molar-refractivity contribution < 1.29 is 4.74 Å². The molecule has 0 radical (unpaired) electrons. The zero-order chi connectivity index (χ0) is 15.2. The molecule has 1 aliphatic heterocycles. The summed E-state index contributed by atoms with van der Waals surface area (Å²) in [6.45, 7) is 11.6. The highest BCUT2D eigenvalue weighted by molar-refractivity contribution is 7.99. The molecule has 0 aromatic carbocycles. The summed E-state index contributed by atoms with van der Waals surface area (Å²) in [6.07, 6.45) is 4.69. The van der Waals surface area contributed by atoms with Crippen LogP contribution in [0, 0.1) is 0 Å². The van der Waals surface area contributed by atoms with E-state index in [1.165, 1.54) is 0 Å². The van der Waals surface area contributed by atoms with E-state index in [1.54, 1.807) is 0 Å². The molecule has 1 unspecified atom stereocenters. The first-order chi connectivity index (χ1) is 9.35. The molecular formula is C15H31N3OS. The quantitative estimate of drug-likeness (QED) is 0.640. The molecule has 1 fully saturated rings. The fourth-order valence-corrected chi connectivity index (χ4v) is 2.59. The molecule has 0 amide bonds. The molecule has 20 heavy (non-hydrogen) atoms. The van der Waals surface area contributed by atoms with Crippen LogP contribution in [-0.4, -0.2) is 60.8 Å². The molecule has 0 aromatic heterocycles. The number of aliphatic imine (C=N–C) groups is 1. The van der Waals surface area contributed by atoms with Gasteiger partial charge in [0.05, 0.1) is 11.7 Å². The Bertz CT molecular complexity index is 307. The summed E-state index contributed by atoms with van der Waals surface area (Å²) in [5.41, 5.74) is -0.0411. The number of rotatable bonds is 4. The summed E-state index contributed by atoms with van der Waals surface area (Å²) < 4.78 is 6.07. The van der Waals surface area contributed by atoms with Gasteiger partial charge in [0.25, 0.3) is 0 Å². The summed E-state index contributed by atoms with van der Waals surface area (Å²) in [5, 5.41) is 4.07. The number of likely N-dealkylation sites (tertiary alicyclic amines) is 1. The van der Waals surface area contributed by atoms with Crippen LogP contribution in [0.15, 0.2) is 4.99 Å². The second-order valence-corrected chi connectivity index (χ2v) is 7.67. The maximum absolute atomic E-state index is 6.07. The van der Waals surface area contributed by atoms with E-state index in [4.69, 9.17) is 4.74 Å². The van der Waals surface area contributed by atoms with Crippen LogP contribution >= 0.6 is 11.8 Å². The number of hydrogen-bond donors (Lipinski definition) is 1. The van der Waals surface area contributed by atoms with E-state index >= 15 is 0 Å². The van der Waals surface area contributed by atoms with Crippen molar-refractivity contribution in [3.05, 3.63) is 0 Å². The summed E-state index contributed by atoms with van der Waals surface area (Å²) in [4.78, 5) is 6.74. The van der Waals surface area contributed by atoms with Crippen LogP contribution in [0.25, 0.3) is 0 Å². The molecule has 1 rings (SSSR count). The molecule has 0 bridgehead atoms. The average molecular weight is 302 g/mol. The van der Waals surface area contributed by atoms with Gasteiger partial charge in [0, 0.05) is 31.9 Å². The molecule has 0 aliphatic carbocycles. The van der Waals surface area contributed by atoms with Crippen molar-refractivity contribution in [2.45, 2.75) is 57.5 Å². The smallest absolute Gasteiger partial charge is 0.193 e. The lowest BCUT2D eigenvalue weighted by Crippen LogP contribution is -2.48. The van der Waals surface area contributed by atoms with E-state index in [2.05, 4.69) is 49.2 Å². The van der Waals surface area contributed by atoms with Crippen LogP contribution < -0.4 is 5.32 Å². The van der Waals surface area contributed by atoms with Crippen molar-refractivity contribution in [2.75, 3.05) is 32.9 Å². The summed E-state index contributed by atoms with van der Waals surface area (Å²) in [6, 6.07) is 0. The highest BCUT2D eigenvalue weighted by atomic mass is 32.2. The van der Waals surface area contributed by atoms with Crippen molar-refractivity contribution in [3.63, 3.8) is 0 Å². The number of hydrogen-bond acceptors (Lipinski definition) is 3. The van der Waals surface area contributed by atoms with Crippen molar-refractivity contribution >= 4 is 17.7 Å². The van der Waals surface area contributed by atoms with E-state index < -0.39 is 0 Å². The van der Waals surface area contributed by atoms with E-state index in [0.29, 0.717) is 11.4 Å². The Morgan fingerprint density at radius 3 is 2.45 bits per heavy atom. The van der Waals surface area contributed by atoms with Gasteiger partial charge in [0.15, 0.2) is 5.96 Å². The van der Waals surface area contributed by atoms with Gasteiger partial charge in [-0.1, -0.05) is 6.92 Å². The lowest BCUT2D eigenvalue weighted by atomic mass is 10.1. The van der Waals surface area contributed by atoms with Gasteiger partial charge in [-0.15, -0.1) is 0 Å². The van der Waals surface area contributed by atoms with Crippen LogP contribution in [-0.2, 0) is 4.74 Å². The zero-order valence-corrected chi connectivity index (χ0v) is 14.7. The molecule has 1 N–H and O–H groups in total. The third kappa shape index (κ3) is 6.35. The summed E-state index contributed by atoms with van der Waals surface area (Å²) in [7, 11) is 1.86. The Morgan fingerprint density at radius 2 is 2.00 bits per heavy atom. The minimum absolute atomic E-state index is 0.0411. The molecule has 0 saturated carbocycles. The van der Waals surface area contributed by atoms with Gasteiger partial charge in [-0.25, -0.2) is 0 Å². The lowest BCUT2D eigenvalue weighted by molar-refractivity contribution is -0.0772. The number of nitrogens with one attached hydrogen (secondary N) is 1. The first-order valence-electron chi connectivity index (χ1n) is 7.52. The molecule has 0 aromatic rings. The van der Waals surface area contributed by atoms with E-state index in [1.807, 2.05) is 18.8 Å². The molecular weight excluding hydrogens is 270 g/mol. The minimum Gasteiger partial charge on any atom is -0.372 e. The standard InChI is InChI=1S/C15H31N3OS/c1-12(20-6)11-17-14(16-5)18-9-7-13(8-10-18)19-15(2,3)4/h12-13H,7-11H2,1-6H3,(H,16,17). The van der Waals surface area contributed by atoms with Crippen molar-refractivity contribution in [1.29, 1.82) is 0 Å². The fraction of sp³-hybridized carbons (Fsp3) is 0.933. The van der Waals surface area contributed by atoms with Gasteiger partial charge in [-0.3, -0.25) is 4.99 Å². The normalized spacial score (nSPS) is 20.1. The molecule has 1 atom stereocenters. The predicted molar refractivity (Wildman–Crippen MR) is 89.8 cm³/mol. The number of ether oxygens (including phenoxy) is 1. The molecule has 0 spiro atoms. The number of piperidine rings is 1. The number of nitrogens with zero attached hydrogens (tertiary/aromatic N) is 2. The van der Waals surface area contributed by atoms with E-state index in [9.17, 15) is 0 Å². The van der Waals surface area contributed by atoms with Crippen molar-refractivity contribution in [2.24, 2.45) is 4.99 Å². The SMILES string of the molecule is CN=C(NCC(C)SC)N1CCC(OC(C)(C)C)CC1. The lowest BCUT2D eigenvalue weighted by Gasteiger charge is -2.37. The number of thioether (sulfide) groups is 1. The van der Waals surface area contributed by atoms with Crippen molar-refractivity contribution in [1.82, 2.24) is 10.2 Å². The highest BCUT2D eigenvalue weighted by Crippen LogP contribution is 2.20. The Kier molecular flexibility index (Phi) is 7.17. The third-order valence-electron chi connectivity index (χ3n) is 3.42. The second-order valence-electron chi connectivity index (χ2n) is 6.39. The van der Waals surface area contributed by atoms with Gasteiger partial charge in [0.1, 0.15) is 0 Å². The molecule has 118 valence electrons. The Morgan fingerprint density at radius 1 is 1.40 bits per heavy atom. The Labute approximate surface area is 128 Å². The van der Waals surface area contributed by atoms with Crippen LogP contribution in [0.1, 0.15) is 40.5 Å². The maximum atomic E-state index is 6.07. The van der Waals surface area contributed by atoms with Gasteiger partial charge < -0.3 is 15.0 Å². The Balaban J connectivity index is 2.39. The molecule has 1 aliphatic rings. The van der Waals surface area contributed by atoms with Gasteiger partial charge in [-0.2, -0.15) is 11.8 Å². The minimum atomic E-state index is -0.0411. The zero-order valence-electron chi connectivity index (χ0n) is 13.9. The summed E-state index contributed by atoms with van der Waals surface area (Å²) >= 11 is 1.87. The number of guanidine groups is 1. The molecule has 1 heterocycles. The maximum Gasteiger partial charge on any atom is 0.193 e. The predicted octanol–water partition coefficient (Wildman–Crippen LogP) is 2.59. The molecule has 5 heteroatoms. The van der Waals surface area contributed by atoms with Crippen molar-refractivity contribution in [3.8, 4) is 0 Å². The molecule has 4 nitrogen and oxygen atoms in total. The van der Waals surface area contributed by atoms with Crippen LogP contribution in [0.3, 0.4) is 0 Å². The second kappa shape index (κ2) is 8.13. The first kappa shape index (κ1) is 17.6.